The Kier molecular flexibility index (Phi) is 3.38. The van der Waals surface area contributed by atoms with Crippen molar-refractivity contribution < 1.29 is 4.79 Å². The number of nitrogens with one attached hydrogen (secondary N) is 1. The second-order valence-electron chi connectivity index (χ2n) is 4.12. The summed E-state index contributed by atoms with van der Waals surface area (Å²) in [5.41, 5.74) is 2.74. The van der Waals surface area contributed by atoms with Gasteiger partial charge < -0.3 is 5.32 Å². The maximum Gasteiger partial charge on any atom is 0.224 e. The fraction of sp³-hybridized carbons (Fsp3) is 0.286. The van der Waals surface area contributed by atoms with E-state index in [1.165, 1.54) is 0 Å². The minimum atomic E-state index is 0.0561. The third kappa shape index (κ3) is 2.61. The SMILES string of the molecule is CCCC(=O)Nc1cccc2nc(C)ccc12. The van der Waals surface area contributed by atoms with Crippen molar-refractivity contribution >= 4 is 22.5 Å². The first kappa shape index (κ1) is 11.6. The summed E-state index contributed by atoms with van der Waals surface area (Å²) in [4.78, 5) is 16.0. The van der Waals surface area contributed by atoms with E-state index in [0.29, 0.717) is 6.42 Å². The lowest BCUT2D eigenvalue weighted by Gasteiger charge is -2.08. The van der Waals surface area contributed by atoms with Gasteiger partial charge in [-0.15, -0.1) is 0 Å². The molecule has 3 nitrogen and oxygen atoms in total. The van der Waals surface area contributed by atoms with Crippen LogP contribution in [0.2, 0.25) is 0 Å². The van der Waals surface area contributed by atoms with Crippen molar-refractivity contribution in [1.29, 1.82) is 0 Å². The molecular formula is C14H16N2O. The average Bonchev–Trinajstić information content (AvgIpc) is 2.29. The maximum absolute atomic E-state index is 11.6. The quantitative estimate of drug-likeness (QED) is 0.875. The van der Waals surface area contributed by atoms with Crippen molar-refractivity contribution in [1.82, 2.24) is 4.98 Å². The Labute approximate surface area is 101 Å². The van der Waals surface area contributed by atoms with E-state index >= 15 is 0 Å². The molecule has 2 rings (SSSR count). The molecule has 17 heavy (non-hydrogen) atoms. The first-order valence-electron chi connectivity index (χ1n) is 5.87. The highest BCUT2D eigenvalue weighted by Gasteiger charge is 2.05. The summed E-state index contributed by atoms with van der Waals surface area (Å²) in [5.74, 6) is 0.0561. The third-order valence-electron chi connectivity index (χ3n) is 2.62. The highest BCUT2D eigenvalue weighted by Crippen LogP contribution is 2.22. The summed E-state index contributed by atoms with van der Waals surface area (Å²) < 4.78 is 0. The number of fused-ring (bicyclic) bond motifs is 1. The van der Waals surface area contributed by atoms with Crippen molar-refractivity contribution in [2.45, 2.75) is 26.7 Å². The van der Waals surface area contributed by atoms with Crippen LogP contribution >= 0.6 is 0 Å². The van der Waals surface area contributed by atoms with Crippen molar-refractivity contribution in [3.8, 4) is 0 Å². The second kappa shape index (κ2) is 4.95. The van der Waals surface area contributed by atoms with Gasteiger partial charge >= 0.3 is 0 Å². The maximum atomic E-state index is 11.6. The number of carbonyl (C=O) groups excluding carboxylic acids is 1. The van der Waals surface area contributed by atoms with E-state index in [1.807, 2.05) is 44.2 Å². The third-order valence-corrected chi connectivity index (χ3v) is 2.62. The minimum absolute atomic E-state index is 0.0561. The summed E-state index contributed by atoms with van der Waals surface area (Å²) in [6.45, 7) is 3.95. The van der Waals surface area contributed by atoms with E-state index < -0.39 is 0 Å². The van der Waals surface area contributed by atoms with Crippen molar-refractivity contribution in [3.63, 3.8) is 0 Å². The molecule has 1 aromatic heterocycles. The summed E-state index contributed by atoms with van der Waals surface area (Å²) in [6, 6.07) is 9.73. The predicted octanol–water partition coefficient (Wildman–Crippen LogP) is 3.28. The van der Waals surface area contributed by atoms with E-state index in [1.54, 1.807) is 0 Å². The normalized spacial score (nSPS) is 10.5. The van der Waals surface area contributed by atoms with Gasteiger partial charge in [0.25, 0.3) is 0 Å². The van der Waals surface area contributed by atoms with Gasteiger partial charge in [0.1, 0.15) is 0 Å². The molecule has 3 heteroatoms. The van der Waals surface area contributed by atoms with E-state index in [0.717, 1.165) is 28.7 Å². The Hall–Kier alpha value is -1.90. The molecule has 2 aromatic rings. The number of aryl methyl sites for hydroxylation is 1. The van der Waals surface area contributed by atoms with Crippen LogP contribution in [0.1, 0.15) is 25.5 Å². The number of carbonyl (C=O) groups is 1. The lowest BCUT2D eigenvalue weighted by molar-refractivity contribution is -0.116. The number of rotatable bonds is 3. The van der Waals surface area contributed by atoms with Gasteiger partial charge in [-0.1, -0.05) is 13.0 Å². The van der Waals surface area contributed by atoms with Crippen LogP contribution in [0.3, 0.4) is 0 Å². The molecule has 1 N–H and O–H groups in total. The molecule has 0 aliphatic heterocycles. The van der Waals surface area contributed by atoms with E-state index in [2.05, 4.69) is 10.3 Å². The Morgan fingerprint density at radius 3 is 2.88 bits per heavy atom. The topological polar surface area (TPSA) is 42.0 Å². The van der Waals surface area contributed by atoms with Crippen LogP contribution in [0.25, 0.3) is 10.9 Å². The molecule has 0 saturated carbocycles. The predicted molar refractivity (Wildman–Crippen MR) is 70.0 cm³/mol. The summed E-state index contributed by atoms with van der Waals surface area (Å²) in [6.07, 6.45) is 1.41. The standard InChI is InChI=1S/C14H16N2O/c1-3-5-14(17)16-13-7-4-6-12-11(13)9-8-10(2)15-12/h4,6-9H,3,5H2,1-2H3,(H,16,17). The van der Waals surface area contributed by atoms with Gasteiger partial charge in [-0.2, -0.15) is 0 Å². The Balaban J connectivity index is 2.37. The zero-order valence-corrected chi connectivity index (χ0v) is 10.2. The van der Waals surface area contributed by atoms with Gasteiger partial charge in [-0.05, 0) is 37.6 Å². The van der Waals surface area contributed by atoms with Crippen LogP contribution in [-0.4, -0.2) is 10.9 Å². The second-order valence-corrected chi connectivity index (χ2v) is 4.12. The lowest BCUT2D eigenvalue weighted by atomic mass is 10.1. The van der Waals surface area contributed by atoms with Gasteiger partial charge in [0.2, 0.25) is 5.91 Å². The summed E-state index contributed by atoms with van der Waals surface area (Å²) in [5, 5.41) is 3.91. The highest BCUT2D eigenvalue weighted by atomic mass is 16.1. The van der Waals surface area contributed by atoms with Gasteiger partial charge in [-0.25, -0.2) is 0 Å². The molecule has 1 aromatic carbocycles. The monoisotopic (exact) mass is 228 g/mol. The number of pyridine rings is 1. The number of nitrogens with zero attached hydrogens (tertiary/aromatic N) is 1. The van der Waals surface area contributed by atoms with Crippen LogP contribution in [0, 0.1) is 6.92 Å². The zero-order valence-electron chi connectivity index (χ0n) is 10.2. The average molecular weight is 228 g/mol. The number of aromatic nitrogens is 1. The summed E-state index contributed by atoms with van der Waals surface area (Å²) in [7, 11) is 0. The lowest BCUT2D eigenvalue weighted by Crippen LogP contribution is -2.10. The van der Waals surface area contributed by atoms with Gasteiger partial charge in [0.15, 0.2) is 0 Å². The molecule has 0 radical (unpaired) electrons. The molecule has 1 heterocycles. The highest BCUT2D eigenvalue weighted by molar-refractivity contribution is 6.00. The zero-order chi connectivity index (χ0) is 12.3. The van der Waals surface area contributed by atoms with Crippen LogP contribution < -0.4 is 5.32 Å². The number of benzene rings is 1. The van der Waals surface area contributed by atoms with Crippen LogP contribution in [0.4, 0.5) is 5.69 Å². The molecule has 0 fully saturated rings. The van der Waals surface area contributed by atoms with E-state index in [9.17, 15) is 4.79 Å². The Morgan fingerprint density at radius 1 is 1.29 bits per heavy atom. The largest absolute Gasteiger partial charge is 0.325 e. The molecule has 0 unspecified atom stereocenters. The molecular weight excluding hydrogens is 212 g/mol. The van der Waals surface area contributed by atoms with E-state index in [-0.39, 0.29) is 5.91 Å². The molecule has 0 atom stereocenters. The van der Waals surface area contributed by atoms with Gasteiger partial charge in [-0.3, -0.25) is 9.78 Å². The molecule has 0 spiro atoms. The van der Waals surface area contributed by atoms with Crippen molar-refractivity contribution in [2.75, 3.05) is 5.32 Å². The smallest absolute Gasteiger partial charge is 0.224 e. The van der Waals surface area contributed by atoms with E-state index in [4.69, 9.17) is 0 Å². The molecule has 1 amide bonds. The molecule has 0 aliphatic carbocycles. The number of hydrogen-bond donors (Lipinski definition) is 1. The summed E-state index contributed by atoms with van der Waals surface area (Å²) >= 11 is 0. The fourth-order valence-electron chi connectivity index (χ4n) is 1.81. The number of anilines is 1. The fourth-order valence-corrected chi connectivity index (χ4v) is 1.81. The van der Waals surface area contributed by atoms with Gasteiger partial charge in [0, 0.05) is 17.5 Å². The number of amides is 1. The Morgan fingerprint density at radius 2 is 2.12 bits per heavy atom. The van der Waals surface area contributed by atoms with Crippen LogP contribution in [0.5, 0.6) is 0 Å². The van der Waals surface area contributed by atoms with Crippen LogP contribution in [-0.2, 0) is 4.79 Å². The van der Waals surface area contributed by atoms with Crippen LogP contribution in [0.15, 0.2) is 30.3 Å². The van der Waals surface area contributed by atoms with Crippen molar-refractivity contribution in [2.24, 2.45) is 0 Å². The molecule has 0 bridgehead atoms. The van der Waals surface area contributed by atoms with Crippen molar-refractivity contribution in [3.05, 3.63) is 36.0 Å². The Bertz CT molecular complexity index is 549. The van der Waals surface area contributed by atoms with Gasteiger partial charge in [0.05, 0.1) is 11.2 Å². The first-order chi connectivity index (χ1) is 8.20. The molecule has 0 aliphatic rings. The first-order valence-corrected chi connectivity index (χ1v) is 5.87. The number of hydrogen-bond acceptors (Lipinski definition) is 2. The minimum Gasteiger partial charge on any atom is -0.325 e. The molecule has 88 valence electrons. The molecule has 0 saturated heterocycles.